The van der Waals surface area contributed by atoms with Crippen molar-refractivity contribution in [3.8, 4) is 0 Å². The highest BCUT2D eigenvalue weighted by Crippen LogP contribution is 2.35. The zero-order valence-corrected chi connectivity index (χ0v) is 59.3. The number of carbonyl (C=O) groups is 8. The van der Waals surface area contributed by atoms with Crippen LogP contribution < -0.4 is 31.9 Å². The van der Waals surface area contributed by atoms with Crippen LogP contribution in [-0.4, -0.2) is 270 Å². The topological polar surface area (TPSA) is 476 Å². The third-order valence-corrected chi connectivity index (χ3v) is 17.6. The van der Waals surface area contributed by atoms with Gasteiger partial charge in [0.25, 0.3) is 0 Å². The largest absolute Gasteiger partial charge is 0.394 e. The van der Waals surface area contributed by atoms with Crippen molar-refractivity contribution in [2.75, 3.05) is 86.1 Å². The van der Waals surface area contributed by atoms with Crippen molar-refractivity contribution < 1.29 is 123 Å². The summed E-state index contributed by atoms with van der Waals surface area (Å²) >= 11 is 0. The van der Waals surface area contributed by atoms with Crippen molar-refractivity contribution in [3.63, 3.8) is 0 Å². The quantitative estimate of drug-likeness (QED) is 0.0340. The first-order chi connectivity index (χ1) is 46.6. The molecule has 99 heavy (non-hydrogen) atoms. The fraction of sp³-hybridized carbons (Fsp3) is 0.882. The average Bonchev–Trinajstić information content (AvgIpc) is 1.65. The smallest absolute Gasteiger partial charge is 0.222 e. The predicted octanol–water partition coefficient (Wildman–Crippen LogP) is -0.565. The summed E-state index contributed by atoms with van der Waals surface area (Å²) in [7, 11) is 1.52. The molecule has 578 valence electrons. The first kappa shape index (κ1) is 92.5. The van der Waals surface area contributed by atoms with Gasteiger partial charge in [-0.05, 0) is 69.6 Å². The Kier molecular flexibility index (Phi) is 47.4. The van der Waals surface area contributed by atoms with Gasteiger partial charge in [-0.25, -0.2) is 0 Å². The first-order valence-electron chi connectivity index (χ1n) is 35.2. The van der Waals surface area contributed by atoms with Gasteiger partial charge in [0.05, 0.1) is 83.3 Å². The van der Waals surface area contributed by atoms with Crippen LogP contribution in [-0.2, 0) is 71.5 Å². The molecule has 4 rings (SSSR count). The molecule has 3 saturated heterocycles. The molecule has 0 radical (unpaired) electrons. The van der Waals surface area contributed by atoms with Crippen molar-refractivity contribution in [3.05, 3.63) is 0 Å². The Morgan fingerprint density at radius 2 is 0.798 bits per heavy atom. The lowest BCUT2D eigenvalue weighted by atomic mass is 9.82. The standard InChI is InChI=1S/C61H106N6O25.C4H10.C2H6.CH4/c1-35-52(80)55(83)43(31-68)90-58(35)87-26-15-48(76)62-21-6-9-39(71)12-18-61(67-51(79)11-5-10-42(73)41-30-40(72)29-38(41)34-86-4,19-13-46(74)63-22-7-24-65-49(77)16-27-88-59-36(2)53(81)56(84)44(32-69)91-59)20-14-47(75)64-23-8-25-66-50(78)17-28-89-60-37(3)54(82)57(85)45(33-70)92-60;1-4(2)3;1-2;/h35-38,40-41,43-45,52-60,68-70,72,80-85H,5-34H2,1-4H3,(H,62,76)(H,63,74)(H,64,75)(H,65,77)(H,66,78)(H,67,79);4H,1-3H3;1-2H3;1H4/t35?,36?,37?,38-,40+,41?,43?,44?,45?,52+,53+,54+,55-,56-,57-,58+,59+,60+,61?;;;/m0.../s1. The predicted molar refractivity (Wildman–Crippen MR) is 361 cm³/mol. The normalized spacial score (nSPS) is 28.6. The van der Waals surface area contributed by atoms with E-state index >= 15 is 0 Å². The van der Waals surface area contributed by atoms with Crippen molar-refractivity contribution >= 4 is 47.0 Å². The minimum atomic E-state index is -1.33. The Morgan fingerprint density at radius 1 is 0.455 bits per heavy atom. The molecule has 18 atom stereocenters. The van der Waals surface area contributed by atoms with Crippen LogP contribution in [0.3, 0.4) is 0 Å². The van der Waals surface area contributed by atoms with E-state index in [0.717, 1.165) is 5.92 Å². The highest BCUT2D eigenvalue weighted by molar-refractivity contribution is 5.84. The molecule has 1 saturated carbocycles. The van der Waals surface area contributed by atoms with Crippen molar-refractivity contribution in [1.29, 1.82) is 0 Å². The molecule has 0 bridgehead atoms. The second-order valence-corrected chi connectivity index (χ2v) is 26.5. The monoisotopic (exact) mass is 1430 g/mol. The summed E-state index contributed by atoms with van der Waals surface area (Å²) < 4.78 is 38.8. The number of ether oxygens (including phenoxy) is 7. The number of ketones is 2. The molecule has 4 fully saturated rings. The van der Waals surface area contributed by atoms with Crippen LogP contribution in [0.4, 0.5) is 0 Å². The Labute approximate surface area is 585 Å². The van der Waals surface area contributed by atoms with Gasteiger partial charge < -0.3 is 116 Å². The number of hydrogen-bond donors (Lipinski definition) is 16. The van der Waals surface area contributed by atoms with Gasteiger partial charge in [-0.3, -0.25) is 38.4 Å². The van der Waals surface area contributed by atoms with E-state index in [9.17, 15) is 89.4 Å². The molecule has 4 aliphatic rings. The number of Topliss-reactive ketones (excluding diaryl/α,β-unsaturated/α-hetero) is 2. The lowest BCUT2D eigenvalue weighted by Gasteiger charge is -2.40. The molecule has 3 heterocycles. The summed E-state index contributed by atoms with van der Waals surface area (Å²) in [4.78, 5) is 106. The summed E-state index contributed by atoms with van der Waals surface area (Å²) in [6.45, 7) is 14.4. The molecule has 3 aliphatic heterocycles. The van der Waals surface area contributed by atoms with Crippen LogP contribution in [0.2, 0.25) is 0 Å². The fourth-order valence-corrected chi connectivity index (χ4v) is 11.7. The Hall–Kier alpha value is -4.52. The lowest BCUT2D eigenvalue weighted by molar-refractivity contribution is -0.282. The number of aliphatic hydroxyl groups excluding tert-OH is 10. The number of rotatable bonds is 44. The van der Waals surface area contributed by atoms with E-state index in [1.54, 1.807) is 20.8 Å². The number of carbonyl (C=O) groups excluding carboxylic acids is 8. The third-order valence-electron chi connectivity index (χ3n) is 17.6. The van der Waals surface area contributed by atoms with Gasteiger partial charge in [-0.15, -0.1) is 0 Å². The van der Waals surface area contributed by atoms with Crippen LogP contribution in [0.5, 0.6) is 0 Å². The van der Waals surface area contributed by atoms with Crippen molar-refractivity contribution in [2.45, 2.75) is 264 Å². The molecule has 31 nitrogen and oxygen atoms in total. The van der Waals surface area contributed by atoms with Gasteiger partial charge >= 0.3 is 0 Å². The van der Waals surface area contributed by atoms with Crippen molar-refractivity contribution in [2.24, 2.45) is 35.5 Å². The van der Waals surface area contributed by atoms with E-state index in [1.165, 1.54) is 7.11 Å². The van der Waals surface area contributed by atoms with Crippen LogP contribution in [0.25, 0.3) is 0 Å². The van der Waals surface area contributed by atoms with Crippen LogP contribution in [0.1, 0.15) is 178 Å². The highest BCUT2D eigenvalue weighted by Gasteiger charge is 2.45. The summed E-state index contributed by atoms with van der Waals surface area (Å²) in [5.41, 5.74) is -1.33. The molecule has 31 heteroatoms. The van der Waals surface area contributed by atoms with Crippen molar-refractivity contribution in [1.82, 2.24) is 31.9 Å². The van der Waals surface area contributed by atoms with E-state index < -0.39 is 153 Å². The molecular weight excluding hydrogens is 1300 g/mol. The lowest BCUT2D eigenvalue weighted by Crippen LogP contribution is -2.55. The second-order valence-electron chi connectivity index (χ2n) is 26.5. The minimum absolute atomic E-state index is 0. The summed E-state index contributed by atoms with van der Waals surface area (Å²) in [5, 5.41) is 117. The van der Waals surface area contributed by atoms with Gasteiger partial charge in [0, 0.05) is 114 Å². The summed E-state index contributed by atoms with van der Waals surface area (Å²) in [6, 6.07) is 0. The maximum Gasteiger partial charge on any atom is 0.222 e. The summed E-state index contributed by atoms with van der Waals surface area (Å²) in [5.74, 6) is -4.58. The van der Waals surface area contributed by atoms with Gasteiger partial charge in [0.1, 0.15) is 48.2 Å². The van der Waals surface area contributed by atoms with E-state index in [1.807, 2.05) is 13.8 Å². The van der Waals surface area contributed by atoms with Gasteiger partial charge in [-0.2, -0.15) is 0 Å². The van der Waals surface area contributed by atoms with E-state index in [2.05, 4.69) is 52.7 Å². The van der Waals surface area contributed by atoms with Gasteiger partial charge in [-0.1, -0.05) is 62.8 Å². The number of amides is 6. The first-order valence-corrected chi connectivity index (χ1v) is 35.2. The zero-order valence-electron chi connectivity index (χ0n) is 59.3. The minimum Gasteiger partial charge on any atom is -0.394 e. The van der Waals surface area contributed by atoms with Crippen LogP contribution >= 0.6 is 0 Å². The van der Waals surface area contributed by atoms with E-state index in [0.29, 0.717) is 25.9 Å². The fourth-order valence-electron chi connectivity index (χ4n) is 11.7. The molecule has 0 aromatic rings. The maximum absolute atomic E-state index is 14.0. The SMILES string of the molecule is C.CC.CC(C)C.COC[C@@H]1C[C@@H](O)CC1C(=O)CCCC(=O)NC(CCC(=O)CCCNC(=O)CCO[C@@H]1OC(CO)[C@H](O)[C@H](O)C1C)(CCC(=O)NCCCNC(=O)CCO[C@@H]1OC(CO)[C@H](O)[C@H](O)C1C)CCC(=O)NCCCNC(=O)CCO[C@@H]1OC(CO)[C@H](O)[C@H](O)C1C. The van der Waals surface area contributed by atoms with E-state index in [4.69, 9.17) is 33.2 Å². The number of aliphatic hydroxyl groups is 10. The third kappa shape index (κ3) is 34.5. The number of nitrogens with one attached hydrogen (secondary N) is 6. The van der Waals surface area contributed by atoms with Gasteiger partial charge in [0.15, 0.2) is 18.9 Å². The molecule has 0 aromatic heterocycles. The molecular formula is C68H126N6O25. The highest BCUT2D eigenvalue weighted by atomic mass is 16.7. The Bertz CT molecular complexity index is 2220. The molecule has 1 aliphatic carbocycles. The maximum atomic E-state index is 14.0. The molecule has 6 amide bonds. The molecule has 7 unspecified atom stereocenters. The molecule has 16 N–H and O–H groups in total. The van der Waals surface area contributed by atoms with Gasteiger partial charge in [0.2, 0.25) is 35.4 Å². The number of hydrogen-bond acceptors (Lipinski definition) is 25. The summed E-state index contributed by atoms with van der Waals surface area (Å²) in [6.07, 6.45) is -13.5. The molecule has 0 spiro atoms. The Balaban J connectivity index is 0.00000674. The molecule has 0 aromatic carbocycles. The second kappa shape index (κ2) is 50.8. The number of methoxy groups -OCH3 is 1. The van der Waals surface area contributed by atoms with Crippen LogP contribution in [0.15, 0.2) is 0 Å². The Morgan fingerprint density at radius 3 is 1.15 bits per heavy atom. The average molecular weight is 1430 g/mol. The zero-order chi connectivity index (χ0) is 73.5. The van der Waals surface area contributed by atoms with E-state index in [-0.39, 0.29) is 186 Å². The van der Waals surface area contributed by atoms with Crippen LogP contribution in [0, 0.1) is 35.5 Å².